The second kappa shape index (κ2) is 5.78. The predicted octanol–water partition coefficient (Wildman–Crippen LogP) is 2.05. The van der Waals surface area contributed by atoms with Crippen molar-refractivity contribution in [2.75, 3.05) is 0 Å². The molecular formula is C11H21NO2. The largest absolute Gasteiger partial charge is 0.351 e. The minimum Gasteiger partial charge on any atom is -0.351 e. The van der Waals surface area contributed by atoms with Gasteiger partial charge in [0, 0.05) is 18.4 Å². The molecule has 0 aliphatic rings. The number of nitrogens with one attached hydrogen (secondary N) is 1. The highest BCUT2D eigenvalue weighted by atomic mass is 16.2. The van der Waals surface area contributed by atoms with Gasteiger partial charge in [-0.15, -0.1) is 0 Å². The first-order valence-corrected chi connectivity index (χ1v) is 5.24. The average Bonchev–Trinajstić information content (AvgIpc) is 2.14. The van der Waals surface area contributed by atoms with Gasteiger partial charge in [0.15, 0.2) is 0 Å². The van der Waals surface area contributed by atoms with E-state index in [1.165, 1.54) is 6.92 Å². The number of ketones is 1. The van der Waals surface area contributed by atoms with Gasteiger partial charge in [0.25, 0.3) is 0 Å². The number of rotatable bonds is 6. The molecule has 1 amide bonds. The Kier molecular flexibility index (Phi) is 5.43. The van der Waals surface area contributed by atoms with Crippen molar-refractivity contribution in [1.29, 1.82) is 0 Å². The quantitative estimate of drug-likeness (QED) is 0.711. The van der Waals surface area contributed by atoms with E-state index in [2.05, 4.69) is 19.2 Å². The lowest BCUT2D eigenvalue weighted by Crippen LogP contribution is -2.44. The lowest BCUT2D eigenvalue weighted by molar-refractivity contribution is -0.126. The van der Waals surface area contributed by atoms with Crippen LogP contribution in [0.2, 0.25) is 0 Å². The monoisotopic (exact) mass is 199 g/mol. The van der Waals surface area contributed by atoms with Crippen molar-refractivity contribution in [3.8, 4) is 0 Å². The molecule has 0 aromatic heterocycles. The van der Waals surface area contributed by atoms with Gasteiger partial charge in [-0.1, -0.05) is 13.8 Å². The third kappa shape index (κ3) is 5.00. The molecule has 82 valence electrons. The summed E-state index contributed by atoms with van der Waals surface area (Å²) in [6.07, 6.45) is 2.48. The minimum atomic E-state index is -0.117. The molecule has 0 aromatic carbocycles. The summed E-state index contributed by atoms with van der Waals surface area (Å²) < 4.78 is 0. The molecule has 0 fully saturated rings. The number of hydrogen-bond acceptors (Lipinski definition) is 2. The van der Waals surface area contributed by atoms with Crippen LogP contribution in [0.25, 0.3) is 0 Å². The van der Waals surface area contributed by atoms with Gasteiger partial charge in [-0.2, -0.15) is 0 Å². The smallest absolute Gasteiger partial charge is 0.220 e. The number of hydrogen-bond donors (Lipinski definition) is 1. The van der Waals surface area contributed by atoms with Crippen LogP contribution in [0.4, 0.5) is 0 Å². The zero-order valence-corrected chi connectivity index (χ0v) is 9.64. The molecular weight excluding hydrogens is 178 g/mol. The van der Waals surface area contributed by atoms with Crippen molar-refractivity contribution in [3.63, 3.8) is 0 Å². The van der Waals surface area contributed by atoms with Crippen LogP contribution in [0.5, 0.6) is 0 Å². The van der Waals surface area contributed by atoms with Gasteiger partial charge in [0.05, 0.1) is 0 Å². The second-order valence-corrected chi connectivity index (χ2v) is 4.02. The van der Waals surface area contributed by atoms with Crippen LogP contribution in [0.3, 0.4) is 0 Å². The molecule has 0 unspecified atom stereocenters. The van der Waals surface area contributed by atoms with Crippen LogP contribution in [-0.2, 0) is 9.59 Å². The molecule has 14 heavy (non-hydrogen) atoms. The molecule has 0 bridgehead atoms. The summed E-state index contributed by atoms with van der Waals surface area (Å²) in [6, 6.07) is 0. The molecule has 0 aliphatic heterocycles. The normalized spacial score (nSPS) is 11.1. The molecule has 3 heteroatoms. The number of carbonyl (C=O) groups is 2. The first kappa shape index (κ1) is 13.1. The Morgan fingerprint density at radius 1 is 1.14 bits per heavy atom. The van der Waals surface area contributed by atoms with Gasteiger partial charge in [0.1, 0.15) is 5.78 Å². The van der Waals surface area contributed by atoms with Crippen molar-refractivity contribution >= 4 is 11.7 Å². The van der Waals surface area contributed by atoms with E-state index in [1.807, 2.05) is 6.92 Å². The maximum Gasteiger partial charge on any atom is 0.220 e. The highest BCUT2D eigenvalue weighted by molar-refractivity contribution is 5.83. The zero-order valence-electron chi connectivity index (χ0n) is 9.64. The van der Waals surface area contributed by atoms with Gasteiger partial charge in [-0.05, 0) is 26.7 Å². The summed E-state index contributed by atoms with van der Waals surface area (Å²) in [5.41, 5.74) is -0.117. The maximum atomic E-state index is 11.4. The molecule has 1 N–H and O–H groups in total. The molecule has 0 saturated heterocycles. The summed E-state index contributed by atoms with van der Waals surface area (Å²) in [4.78, 5) is 22.1. The van der Waals surface area contributed by atoms with Gasteiger partial charge in [-0.3, -0.25) is 4.79 Å². The predicted molar refractivity (Wildman–Crippen MR) is 57.0 cm³/mol. The molecule has 3 nitrogen and oxygen atoms in total. The molecule has 0 saturated carbocycles. The fraction of sp³-hybridized carbons (Fsp3) is 0.818. The van der Waals surface area contributed by atoms with E-state index in [4.69, 9.17) is 0 Å². The van der Waals surface area contributed by atoms with Crippen LogP contribution in [0.1, 0.15) is 53.4 Å². The van der Waals surface area contributed by atoms with Crippen LogP contribution in [0, 0.1) is 0 Å². The van der Waals surface area contributed by atoms with Gasteiger partial charge >= 0.3 is 0 Å². The van der Waals surface area contributed by atoms with E-state index < -0.39 is 0 Å². The molecule has 0 heterocycles. The lowest BCUT2D eigenvalue weighted by atomic mass is 9.95. The van der Waals surface area contributed by atoms with Crippen molar-refractivity contribution in [1.82, 2.24) is 5.32 Å². The van der Waals surface area contributed by atoms with Gasteiger partial charge in [0.2, 0.25) is 5.91 Å². The van der Waals surface area contributed by atoms with Crippen LogP contribution >= 0.6 is 0 Å². The number of carbonyl (C=O) groups excluding carboxylic acids is 2. The minimum absolute atomic E-state index is 0.0219. The number of Topliss-reactive ketones (excluding diaryl/α,β-unsaturated/α-hetero) is 1. The zero-order chi connectivity index (χ0) is 11.2. The van der Waals surface area contributed by atoms with E-state index >= 15 is 0 Å². The summed E-state index contributed by atoms with van der Waals surface area (Å²) in [7, 11) is 0. The molecule has 0 radical (unpaired) electrons. The van der Waals surface area contributed by atoms with Gasteiger partial charge in [-0.25, -0.2) is 0 Å². The molecule has 0 rings (SSSR count). The van der Waals surface area contributed by atoms with Crippen molar-refractivity contribution < 1.29 is 9.59 Å². The summed E-state index contributed by atoms with van der Waals surface area (Å²) in [5.74, 6) is 0.0428. The van der Waals surface area contributed by atoms with Crippen molar-refractivity contribution in [2.45, 2.75) is 58.9 Å². The first-order valence-electron chi connectivity index (χ1n) is 5.24. The van der Waals surface area contributed by atoms with E-state index in [0.717, 1.165) is 12.8 Å². The Hall–Kier alpha value is -0.860. The SMILES string of the molecule is CCC(C)(CC)NC(=O)CCC(C)=O. The highest BCUT2D eigenvalue weighted by Crippen LogP contribution is 2.13. The van der Waals surface area contributed by atoms with Crippen LogP contribution in [0.15, 0.2) is 0 Å². The average molecular weight is 199 g/mol. The van der Waals surface area contributed by atoms with E-state index in [0.29, 0.717) is 12.8 Å². The maximum absolute atomic E-state index is 11.4. The van der Waals surface area contributed by atoms with E-state index in [-0.39, 0.29) is 17.2 Å². The first-order chi connectivity index (χ1) is 6.43. The highest BCUT2D eigenvalue weighted by Gasteiger charge is 2.21. The third-order valence-corrected chi connectivity index (χ3v) is 2.71. The number of amides is 1. The Morgan fingerprint density at radius 3 is 2.00 bits per heavy atom. The Bertz CT molecular complexity index is 207. The summed E-state index contributed by atoms with van der Waals surface area (Å²) in [6.45, 7) is 7.63. The van der Waals surface area contributed by atoms with E-state index in [9.17, 15) is 9.59 Å². The second-order valence-electron chi connectivity index (χ2n) is 4.02. The topological polar surface area (TPSA) is 46.2 Å². The molecule has 0 atom stereocenters. The van der Waals surface area contributed by atoms with Crippen molar-refractivity contribution in [2.24, 2.45) is 0 Å². The Morgan fingerprint density at radius 2 is 1.64 bits per heavy atom. The standard InChI is InChI=1S/C11H21NO2/c1-5-11(4,6-2)12-10(14)8-7-9(3)13/h5-8H2,1-4H3,(H,12,14). The van der Waals surface area contributed by atoms with Crippen LogP contribution < -0.4 is 5.32 Å². The van der Waals surface area contributed by atoms with Gasteiger partial charge < -0.3 is 10.1 Å². The molecule has 0 spiro atoms. The van der Waals surface area contributed by atoms with Crippen LogP contribution in [-0.4, -0.2) is 17.2 Å². The summed E-state index contributed by atoms with van der Waals surface area (Å²) >= 11 is 0. The molecule has 0 aliphatic carbocycles. The fourth-order valence-corrected chi connectivity index (χ4v) is 1.12. The molecule has 0 aromatic rings. The van der Waals surface area contributed by atoms with Crippen molar-refractivity contribution in [3.05, 3.63) is 0 Å². The summed E-state index contributed by atoms with van der Waals surface area (Å²) in [5, 5.41) is 2.96. The lowest BCUT2D eigenvalue weighted by Gasteiger charge is -2.28. The Balaban J connectivity index is 3.97. The Labute approximate surface area is 86.3 Å². The van der Waals surface area contributed by atoms with E-state index in [1.54, 1.807) is 0 Å². The fourth-order valence-electron chi connectivity index (χ4n) is 1.12. The third-order valence-electron chi connectivity index (χ3n) is 2.71.